The Morgan fingerprint density at radius 2 is 1.52 bits per heavy atom. The van der Waals surface area contributed by atoms with E-state index in [1.54, 1.807) is 0 Å². The minimum absolute atomic E-state index is 0.734. The van der Waals surface area contributed by atoms with E-state index in [4.69, 9.17) is 4.74 Å². The molecule has 0 saturated carbocycles. The first-order valence-electron chi connectivity index (χ1n) is 6.91. The Hall–Kier alpha value is -0.320. The highest BCUT2D eigenvalue weighted by Gasteiger charge is 2.08. The molecule has 0 fully saturated rings. The molecule has 0 atom stereocenters. The van der Waals surface area contributed by atoms with Gasteiger partial charge in [0.25, 0.3) is 0 Å². The van der Waals surface area contributed by atoms with Crippen molar-refractivity contribution in [2.75, 3.05) is 6.61 Å². The van der Waals surface area contributed by atoms with E-state index in [0.29, 0.717) is 0 Å². The zero-order valence-corrected chi connectivity index (χ0v) is 16.4. The first kappa shape index (κ1) is 17.0. The second-order valence-corrected chi connectivity index (χ2v) is 7.08. The average molecular weight is 477 g/mol. The van der Waals surface area contributed by atoms with Crippen molar-refractivity contribution in [3.8, 4) is 5.75 Å². The number of unbranched alkanes of at least 4 members (excludes halogenated alkanes) is 1. The molecule has 2 aromatic carbocycles. The number of rotatable bonds is 7. The molecule has 1 nitrogen and oxygen atoms in total. The van der Waals surface area contributed by atoms with Gasteiger partial charge in [-0.25, -0.2) is 0 Å². The highest BCUT2D eigenvalue weighted by molar-refractivity contribution is 9.11. The Labute approximate surface area is 151 Å². The zero-order valence-electron chi connectivity index (χ0n) is 11.6. The van der Waals surface area contributed by atoms with Gasteiger partial charge in [-0.15, -0.1) is 0 Å². The van der Waals surface area contributed by atoms with Gasteiger partial charge in [0.05, 0.1) is 15.6 Å². The van der Waals surface area contributed by atoms with Crippen LogP contribution in [0.4, 0.5) is 0 Å². The SMILES string of the molecule is BrCc1cc(Br)c(OCCCCc2ccccc2)c(Br)c1. The molecule has 4 heteroatoms. The summed E-state index contributed by atoms with van der Waals surface area (Å²) in [6.45, 7) is 0.734. The second-order valence-electron chi connectivity index (χ2n) is 4.81. The van der Waals surface area contributed by atoms with E-state index in [9.17, 15) is 0 Å². The second kappa shape index (κ2) is 8.96. The highest BCUT2D eigenvalue weighted by atomic mass is 79.9. The van der Waals surface area contributed by atoms with Crippen LogP contribution in [0.3, 0.4) is 0 Å². The van der Waals surface area contributed by atoms with Crippen LogP contribution in [0, 0.1) is 0 Å². The predicted octanol–water partition coefficient (Wildman–Crippen LogP) is 6.51. The lowest BCUT2D eigenvalue weighted by atomic mass is 10.1. The number of alkyl halides is 1. The Morgan fingerprint density at radius 1 is 0.857 bits per heavy atom. The molecule has 21 heavy (non-hydrogen) atoms. The van der Waals surface area contributed by atoms with Gasteiger partial charge < -0.3 is 4.74 Å². The van der Waals surface area contributed by atoms with E-state index < -0.39 is 0 Å². The van der Waals surface area contributed by atoms with Crippen LogP contribution in [0.25, 0.3) is 0 Å². The predicted molar refractivity (Wildman–Crippen MR) is 99.3 cm³/mol. The molecular weight excluding hydrogens is 460 g/mol. The van der Waals surface area contributed by atoms with Gasteiger partial charge in [0.15, 0.2) is 0 Å². The number of hydrogen-bond acceptors (Lipinski definition) is 1. The fraction of sp³-hybridized carbons (Fsp3) is 0.294. The third kappa shape index (κ3) is 5.42. The van der Waals surface area contributed by atoms with Crippen LogP contribution in [-0.2, 0) is 11.8 Å². The Morgan fingerprint density at radius 3 is 2.14 bits per heavy atom. The monoisotopic (exact) mass is 474 g/mol. The molecule has 0 aliphatic heterocycles. The van der Waals surface area contributed by atoms with Crippen molar-refractivity contribution in [3.05, 3.63) is 62.5 Å². The maximum Gasteiger partial charge on any atom is 0.147 e. The third-order valence-corrected chi connectivity index (χ3v) is 4.99. The van der Waals surface area contributed by atoms with Gasteiger partial charge in [0, 0.05) is 5.33 Å². The molecule has 2 rings (SSSR count). The van der Waals surface area contributed by atoms with Gasteiger partial charge in [0.2, 0.25) is 0 Å². The third-order valence-electron chi connectivity index (χ3n) is 3.16. The summed E-state index contributed by atoms with van der Waals surface area (Å²) in [5, 5.41) is 0.835. The van der Waals surface area contributed by atoms with Crippen molar-refractivity contribution in [2.45, 2.75) is 24.6 Å². The number of hydrogen-bond donors (Lipinski definition) is 0. The molecule has 0 aliphatic rings. The van der Waals surface area contributed by atoms with Gasteiger partial charge in [0.1, 0.15) is 5.75 Å². The first-order chi connectivity index (χ1) is 10.2. The van der Waals surface area contributed by atoms with Crippen molar-refractivity contribution in [3.63, 3.8) is 0 Å². The van der Waals surface area contributed by atoms with Crippen LogP contribution >= 0.6 is 47.8 Å². The van der Waals surface area contributed by atoms with Gasteiger partial charge in [-0.2, -0.15) is 0 Å². The Balaban J connectivity index is 1.79. The minimum atomic E-state index is 0.734. The molecule has 0 heterocycles. The summed E-state index contributed by atoms with van der Waals surface area (Å²) in [6.07, 6.45) is 3.29. The molecule has 0 aromatic heterocycles. The molecule has 0 amide bonds. The topological polar surface area (TPSA) is 9.23 Å². The van der Waals surface area contributed by atoms with Crippen LogP contribution in [0.2, 0.25) is 0 Å². The summed E-state index contributed by atoms with van der Waals surface area (Å²) in [5.74, 6) is 0.888. The standard InChI is InChI=1S/C17H17Br3O/c18-12-14-10-15(19)17(16(20)11-14)21-9-5-4-8-13-6-2-1-3-7-13/h1-3,6-7,10-11H,4-5,8-9,12H2. The van der Waals surface area contributed by atoms with E-state index >= 15 is 0 Å². The fourth-order valence-corrected chi connectivity index (χ4v) is 3.91. The summed E-state index contributed by atoms with van der Waals surface area (Å²) in [4.78, 5) is 0. The summed E-state index contributed by atoms with van der Waals surface area (Å²) < 4.78 is 7.89. The molecule has 0 saturated heterocycles. The number of ether oxygens (including phenoxy) is 1. The van der Waals surface area contributed by atoms with Crippen LogP contribution < -0.4 is 4.74 Å². The molecular formula is C17H17Br3O. The number of benzene rings is 2. The van der Waals surface area contributed by atoms with E-state index in [1.165, 1.54) is 11.1 Å². The van der Waals surface area contributed by atoms with Crippen LogP contribution in [-0.4, -0.2) is 6.61 Å². The van der Waals surface area contributed by atoms with Crippen LogP contribution in [0.1, 0.15) is 24.0 Å². The molecule has 0 N–H and O–H groups in total. The average Bonchev–Trinajstić information content (AvgIpc) is 2.50. The van der Waals surface area contributed by atoms with Crippen LogP contribution in [0.15, 0.2) is 51.4 Å². The van der Waals surface area contributed by atoms with Crippen LogP contribution in [0.5, 0.6) is 5.75 Å². The fourth-order valence-electron chi connectivity index (χ4n) is 2.08. The lowest BCUT2D eigenvalue weighted by molar-refractivity contribution is 0.303. The lowest BCUT2D eigenvalue weighted by Gasteiger charge is -2.11. The van der Waals surface area contributed by atoms with E-state index in [1.807, 2.05) is 0 Å². The summed E-state index contributed by atoms with van der Waals surface area (Å²) in [6, 6.07) is 14.7. The minimum Gasteiger partial charge on any atom is -0.491 e. The molecule has 0 spiro atoms. The van der Waals surface area contributed by atoms with E-state index in [2.05, 4.69) is 90.3 Å². The summed E-state index contributed by atoms with van der Waals surface area (Å²) in [7, 11) is 0. The van der Waals surface area contributed by atoms with Crippen molar-refractivity contribution < 1.29 is 4.74 Å². The molecule has 0 radical (unpaired) electrons. The van der Waals surface area contributed by atoms with Crippen molar-refractivity contribution >= 4 is 47.8 Å². The van der Waals surface area contributed by atoms with Gasteiger partial charge in [-0.05, 0) is 74.4 Å². The highest BCUT2D eigenvalue weighted by Crippen LogP contribution is 2.35. The van der Waals surface area contributed by atoms with E-state index in [0.717, 1.165) is 45.9 Å². The Kier molecular flexibility index (Phi) is 7.27. The lowest BCUT2D eigenvalue weighted by Crippen LogP contribution is -2.00. The summed E-state index contributed by atoms with van der Waals surface area (Å²) in [5.41, 5.74) is 2.60. The van der Waals surface area contributed by atoms with Gasteiger partial charge in [-0.3, -0.25) is 0 Å². The number of aryl methyl sites for hydroxylation is 1. The molecule has 0 aliphatic carbocycles. The zero-order chi connectivity index (χ0) is 15.1. The molecule has 0 bridgehead atoms. The van der Waals surface area contributed by atoms with E-state index in [-0.39, 0.29) is 0 Å². The quantitative estimate of drug-likeness (QED) is 0.327. The maximum absolute atomic E-state index is 5.90. The largest absolute Gasteiger partial charge is 0.491 e. The van der Waals surface area contributed by atoms with Crippen molar-refractivity contribution in [1.82, 2.24) is 0 Å². The molecule has 112 valence electrons. The first-order valence-corrected chi connectivity index (χ1v) is 9.62. The summed E-state index contributed by atoms with van der Waals surface area (Å²) >= 11 is 10.6. The number of halogens is 3. The normalized spacial score (nSPS) is 10.6. The van der Waals surface area contributed by atoms with Gasteiger partial charge >= 0.3 is 0 Å². The van der Waals surface area contributed by atoms with Crippen molar-refractivity contribution in [2.24, 2.45) is 0 Å². The molecule has 0 unspecified atom stereocenters. The maximum atomic E-state index is 5.90. The molecule has 2 aromatic rings. The van der Waals surface area contributed by atoms with Gasteiger partial charge in [-0.1, -0.05) is 46.3 Å². The smallest absolute Gasteiger partial charge is 0.147 e. The van der Waals surface area contributed by atoms with Crippen molar-refractivity contribution in [1.29, 1.82) is 0 Å². The Bertz CT molecular complexity index is 546.